The third-order valence-corrected chi connectivity index (χ3v) is 5.46. The van der Waals surface area contributed by atoms with Gasteiger partial charge in [-0.3, -0.25) is 4.79 Å². The number of carbonyl (C=O) groups excluding carboxylic acids is 1. The van der Waals surface area contributed by atoms with Crippen LogP contribution >= 0.6 is 12.4 Å². The first-order chi connectivity index (χ1) is 10.2. The Morgan fingerprint density at radius 3 is 2.73 bits per heavy atom. The van der Waals surface area contributed by atoms with Crippen LogP contribution in [0.25, 0.3) is 0 Å². The highest BCUT2D eigenvalue weighted by atomic mass is 35.5. The number of hydrogen-bond acceptors (Lipinski definition) is 2. The zero-order chi connectivity index (χ0) is 14.4. The molecule has 2 aliphatic heterocycles. The molecule has 2 fully saturated rings. The molecule has 3 aliphatic rings. The Morgan fingerprint density at radius 2 is 2.05 bits per heavy atom. The van der Waals surface area contributed by atoms with Crippen molar-refractivity contribution in [3.8, 4) is 0 Å². The van der Waals surface area contributed by atoms with Crippen molar-refractivity contribution in [2.24, 2.45) is 0 Å². The standard InChI is InChI=1S/C17H21FN2O.ClH/c18-12-5-3-7-14-15(12)17(8-1-2-9-17)11-20(14)16(21)13-6-4-10-19-13;/h3,5,7,13,19H,1-2,4,6,8-11H2;1H. The summed E-state index contributed by atoms with van der Waals surface area (Å²) in [5.74, 6) is -0.00722. The van der Waals surface area contributed by atoms with Gasteiger partial charge in [-0.2, -0.15) is 0 Å². The molecule has 22 heavy (non-hydrogen) atoms. The smallest absolute Gasteiger partial charge is 0.244 e. The van der Waals surface area contributed by atoms with Gasteiger partial charge in [-0.05, 0) is 44.4 Å². The minimum Gasteiger partial charge on any atom is -0.310 e. The van der Waals surface area contributed by atoms with E-state index >= 15 is 0 Å². The Labute approximate surface area is 136 Å². The van der Waals surface area contributed by atoms with Gasteiger partial charge in [0.1, 0.15) is 5.82 Å². The quantitative estimate of drug-likeness (QED) is 0.860. The van der Waals surface area contributed by atoms with E-state index in [9.17, 15) is 9.18 Å². The summed E-state index contributed by atoms with van der Waals surface area (Å²) in [4.78, 5) is 14.7. The summed E-state index contributed by atoms with van der Waals surface area (Å²) >= 11 is 0. The van der Waals surface area contributed by atoms with Gasteiger partial charge in [0.05, 0.1) is 11.7 Å². The average Bonchev–Trinajstić information content (AvgIpc) is 3.21. The summed E-state index contributed by atoms with van der Waals surface area (Å²) in [7, 11) is 0. The first-order valence-electron chi connectivity index (χ1n) is 8.05. The summed E-state index contributed by atoms with van der Waals surface area (Å²) < 4.78 is 14.4. The highest BCUT2D eigenvalue weighted by Gasteiger charge is 2.48. The molecule has 1 aromatic carbocycles. The van der Waals surface area contributed by atoms with Gasteiger partial charge in [-0.1, -0.05) is 18.9 Å². The third kappa shape index (κ3) is 2.24. The normalized spacial score (nSPS) is 25.3. The lowest BCUT2D eigenvalue weighted by atomic mass is 9.80. The Bertz CT molecular complexity index is 580. The van der Waals surface area contributed by atoms with Crippen LogP contribution < -0.4 is 10.2 Å². The van der Waals surface area contributed by atoms with E-state index in [2.05, 4.69) is 5.32 Å². The Balaban J connectivity index is 0.00000144. The van der Waals surface area contributed by atoms with Crippen LogP contribution in [0, 0.1) is 5.82 Å². The summed E-state index contributed by atoms with van der Waals surface area (Å²) in [5, 5.41) is 3.27. The summed E-state index contributed by atoms with van der Waals surface area (Å²) in [6.07, 6.45) is 6.22. The fourth-order valence-electron chi connectivity index (χ4n) is 4.47. The van der Waals surface area contributed by atoms with Crippen LogP contribution in [0.4, 0.5) is 10.1 Å². The van der Waals surface area contributed by atoms with Gasteiger partial charge in [0.15, 0.2) is 0 Å². The molecular formula is C17H22ClFN2O. The minimum atomic E-state index is -0.135. The molecule has 120 valence electrons. The Morgan fingerprint density at radius 1 is 1.27 bits per heavy atom. The molecule has 4 rings (SSSR count). The number of nitrogens with one attached hydrogen (secondary N) is 1. The van der Waals surface area contributed by atoms with E-state index < -0.39 is 0 Å². The summed E-state index contributed by atoms with van der Waals surface area (Å²) in [6.45, 7) is 1.58. The zero-order valence-electron chi connectivity index (χ0n) is 12.6. The van der Waals surface area contributed by atoms with Crippen LogP contribution in [0.3, 0.4) is 0 Å². The van der Waals surface area contributed by atoms with E-state index in [1.807, 2.05) is 11.0 Å². The molecule has 1 N–H and O–H groups in total. The van der Waals surface area contributed by atoms with Crippen LogP contribution in [-0.4, -0.2) is 25.0 Å². The van der Waals surface area contributed by atoms with Crippen LogP contribution in [0.15, 0.2) is 18.2 Å². The molecule has 2 heterocycles. The van der Waals surface area contributed by atoms with Crippen LogP contribution in [0.1, 0.15) is 44.1 Å². The lowest BCUT2D eigenvalue weighted by molar-refractivity contribution is -0.120. The first-order valence-corrected chi connectivity index (χ1v) is 8.05. The second-order valence-corrected chi connectivity index (χ2v) is 6.69. The highest BCUT2D eigenvalue weighted by Crippen LogP contribution is 2.51. The monoisotopic (exact) mass is 324 g/mol. The molecule has 0 aromatic heterocycles. The molecule has 1 atom stereocenters. The fourth-order valence-corrected chi connectivity index (χ4v) is 4.47. The maximum absolute atomic E-state index is 14.4. The van der Waals surface area contributed by atoms with Gasteiger partial charge in [0.25, 0.3) is 0 Å². The number of fused-ring (bicyclic) bond motifs is 2. The fraction of sp³-hybridized carbons (Fsp3) is 0.588. The number of rotatable bonds is 1. The Kier molecular flexibility index (Phi) is 4.17. The largest absolute Gasteiger partial charge is 0.310 e. The molecule has 1 aliphatic carbocycles. The lowest BCUT2D eigenvalue weighted by Gasteiger charge is -2.26. The van der Waals surface area contributed by atoms with Gasteiger partial charge in [0.2, 0.25) is 5.91 Å². The molecule has 5 heteroatoms. The third-order valence-electron chi connectivity index (χ3n) is 5.46. The number of hydrogen-bond donors (Lipinski definition) is 1. The second-order valence-electron chi connectivity index (χ2n) is 6.69. The number of benzene rings is 1. The maximum atomic E-state index is 14.4. The van der Waals surface area contributed by atoms with Crippen LogP contribution in [0.2, 0.25) is 0 Å². The van der Waals surface area contributed by atoms with Gasteiger partial charge in [-0.15, -0.1) is 12.4 Å². The topological polar surface area (TPSA) is 32.3 Å². The van der Waals surface area contributed by atoms with E-state index in [4.69, 9.17) is 0 Å². The molecule has 1 saturated heterocycles. The van der Waals surface area contributed by atoms with E-state index in [0.29, 0.717) is 6.54 Å². The van der Waals surface area contributed by atoms with Crippen molar-refractivity contribution < 1.29 is 9.18 Å². The number of amides is 1. The second kappa shape index (κ2) is 5.82. The van der Waals surface area contributed by atoms with E-state index in [1.165, 1.54) is 0 Å². The molecule has 1 saturated carbocycles. The van der Waals surface area contributed by atoms with Gasteiger partial charge in [0, 0.05) is 17.5 Å². The predicted octanol–water partition coefficient (Wildman–Crippen LogP) is 3.16. The van der Waals surface area contributed by atoms with Crippen molar-refractivity contribution in [1.29, 1.82) is 0 Å². The molecule has 1 aromatic rings. The molecular weight excluding hydrogens is 303 g/mol. The SMILES string of the molecule is Cl.O=C(C1CCCN1)N1CC2(CCCC2)c2c(F)cccc21. The van der Waals surface area contributed by atoms with Gasteiger partial charge < -0.3 is 10.2 Å². The van der Waals surface area contributed by atoms with Crippen LogP contribution in [-0.2, 0) is 10.2 Å². The first kappa shape index (κ1) is 15.8. The zero-order valence-corrected chi connectivity index (χ0v) is 13.4. The number of carbonyl (C=O) groups is 1. The van der Waals surface area contributed by atoms with Crippen molar-refractivity contribution >= 4 is 24.0 Å². The molecule has 1 spiro atoms. The predicted molar refractivity (Wildman–Crippen MR) is 87.2 cm³/mol. The lowest BCUT2D eigenvalue weighted by Crippen LogP contribution is -2.45. The van der Waals surface area contributed by atoms with Crippen molar-refractivity contribution in [3.63, 3.8) is 0 Å². The van der Waals surface area contributed by atoms with E-state index in [-0.39, 0.29) is 35.6 Å². The van der Waals surface area contributed by atoms with Gasteiger partial charge >= 0.3 is 0 Å². The molecule has 1 unspecified atom stereocenters. The van der Waals surface area contributed by atoms with E-state index in [1.54, 1.807) is 12.1 Å². The highest BCUT2D eigenvalue weighted by molar-refractivity contribution is 6.00. The maximum Gasteiger partial charge on any atom is 0.244 e. The van der Waals surface area contributed by atoms with E-state index in [0.717, 1.165) is 56.3 Å². The van der Waals surface area contributed by atoms with Crippen molar-refractivity contribution in [3.05, 3.63) is 29.6 Å². The minimum absolute atomic E-state index is 0. The molecule has 0 bridgehead atoms. The average molecular weight is 325 g/mol. The summed E-state index contributed by atoms with van der Waals surface area (Å²) in [5.41, 5.74) is 1.49. The van der Waals surface area contributed by atoms with Crippen molar-refractivity contribution in [2.75, 3.05) is 18.0 Å². The molecule has 0 radical (unpaired) electrons. The number of anilines is 1. The van der Waals surface area contributed by atoms with Crippen molar-refractivity contribution in [2.45, 2.75) is 50.0 Å². The Hall–Kier alpha value is -1.13. The number of nitrogens with zero attached hydrogens (tertiary/aromatic N) is 1. The summed E-state index contributed by atoms with van der Waals surface area (Å²) in [6, 6.07) is 5.10. The number of halogens is 2. The molecule has 1 amide bonds. The van der Waals surface area contributed by atoms with Crippen LogP contribution in [0.5, 0.6) is 0 Å². The van der Waals surface area contributed by atoms with Crippen molar-refractivity contribution in [1.82, 2.24) is 5.32 Å². The molecule has 3 nitrogen and oxygen atoms in total. The van der Waals surface area contributed by atoms with Gasteiger partial charge in [-0.25, -0.2) is 4.39 Å².